The Morgan fingerprint density at radius 1 is 0.780 bits per heavy atom. The molecular formula is C36H31F3N2O9. The van der Waals surface area contributed by atoms with Gasteiger partial charge in [0.2, 0.25) is 5.41 Å². The summed E-state index contributed by atoms with van der Waals surface area (Å²) in [6.07, 6.45) is -5.04. The predicted molar refractivity (Wildman–Crippen MR) is 174 cm³/mol. The van der Waals surface area contributed by atoms with E-state index in [0.717, 1.165) is 12.1 Å². The smallest absolute Gasteiger partial charge is 0.416 e. The molecule has 0 bridgehead atoms. The second-order valence-electron chi connectivity index (χ2n) is 11.2. The Hall–Kier alpha value is -6.18. The normalized spacial score (nSPS) is 11.3. The number of rotatable bonds is 12. The molecule has 11 nitrogen and oxygen atoms in total. The van der Waals surface area contributed by atoms with E-state index in [1.807, 2.05) is 0 Å². The first kappa shape index (κ1) is 36.7. The van der Waals surface area contributed by atoms with Crippen molar-refractivity contribution in [1.82, 2.24) is 4.90 Å². The van der Waals surface area contributed by atoms with E-state index in [2.05, 4.69) is 5.32 Å². The molecule has 3 N–H and O–H groups in total. The van der Waals surface area contributed by atoms with Gasteiger partial charge in [-0.15, -0.1) is 0 Å². The number of esters is 1. The highest BCUT2D eigenvalue weighted by atomic mass is 19.4. The number of methoxy groups -OCH3 is 1. The molecule has 0 aliphatic rings. The monoisotopic (exact) mass is 692 g/mol. The number of carbonyl (C=O) groups excluding carboxylic acids is 3. The topological polar surface area (TPSA) is 160 Å². The number of hydrogen-bond acceptors (Lipinski definition) is 7. The number of anilines is 1. The van der Waals surface area contributed by atoms with Gasteiger partial charge < -0.3 is 29.9 Å². The molecule has 50 heavy (non-hydrogen) atoms. The van der Waals surface area contributed by atoms with Crippen molar-refractivity contribution in [3.05, 3.63) is 119 Å². The van der Waals surface area contributed by atoms with Gasteiger partial charge in [-0.1, -0.05) is 48.5 Å². The number of halogens is 3. The van der Waals surface area contributed by atoms with Crippen molar-refractivity contribution >= 4 is 35.4 Å². The quantitative estimate of drug-likeness (QED) is 0.128. The van der Waals surface area contributed by atoms with Crippen LogP contribution in [0.15, 0.2) is 91.0 Å². The van der Waals surface area contributed by atoms with Crippen LogP contribution in [-0.4, -0.2) is 72.6 Å². The summed E-state index contributed by atoms with van der Waals surface area (Å²) in [6.45, 7) is -1.01. The van der Waals surface area contributed by atoms with Gasteiger partial charge in [0.25, 0.3) is 11.8 Å². The molecule has 0 saturated heterocycles. The summed E-state index contributed by atoms with van der Waals surface area (Å²) < 4.78 is 49.9. The number of amides is 2. The molecule has 4 aromatic rings. The first-order chi connectivity index (χ1) is 23.6. The Morgan fingerprint density at radius 2 is 1.42 bits per heavy atom. The van der Waals surface area contributed by atoms with Gasteiger partial charge in [-0.2, -0.15) is 13.2 Å². The Morgan fingerprint density at radius 3 is 1.98 bits per heavy atom. The van der Waals surface area contributed by atoms with Crippen LogP contribution in [0.5, 0.6) is 5.75 Å². The van der Waals surface area contributed by atoms with Crippen molar-refractivity contribution in [2.45, 2.75) is 18.0 Å². The highest BCUT2D eigenvalue weighted by molar-refractivity contribution is 6.12. The fraction of sp³-hybridized carbons (Fsp3) is 0.194. The number of ether oxygens (including phenoxy) is 2. The van der Waals surface area contributed by atoms with Gasteiger partial charge in [-0.05, 0) is 64.7 Å². The average Bonchev–Trinajstić information content (AvgIpc) is 3.08. The standard InChI is InChI=1S/C36H31F3N2O9/c1-41(2)32(44)28-17-21(18-30(42)50-20-35(33(45)46,34(47)48)23-7-5-4-6-8-23)9-16-29(28)40-31(43)26-15-14-25(49-3)19-27(26)22-10-12-24(13-11-22)36(37,38)39/h4-17,19H,18,20H2,1-3H3,(H,40,43)(H,45,46)(H,47,48). The van der Waals surface area contributed by atoms with Gasteiger partial charge in [-0.25, -0.2) is 0 Å². The molecule has 2 amide bonds. The van der Waals surface area contributed by atoms with Crippen LogP contribution in [0.2, 0.25) is 0 Å². The van der Waals surface area contributed by atoms with Crippen molar-refractivity contribution in [1.29, 1.82) is 0 Å². The van der Waals surface area contributed by atoms with Crippen LogP contribution in [0.3, 0.4) is 0 Å². The van der Waals surface area contributed by atoms with Crippen molar-refractivity contribution in [3.63, 3.8) is 0 Å². The summed E-state index contributed by atoms with van der Waals surface area (Å²) in [6, 6.07) is 19.8. The first-order valence-corrected chi connectivity index (χ1v) is 14.8. The second-order valence-corrected chi connectivity index (χ2v) is 11.2. The average molecular weight is 693 g/mol. The van der Waals surface area contributed by atoms with E-state index in [4.69, 9.17) is 9.47 Å². The Labute approximate surface area is 283 Å². The number of alkyl halides is 3. The van der Waals surface area contributed by atoms with Crippen LogP contribution < -0.4 is 10.1 Å². The van der Waals surface area contributed by atoms with Crippen molar-refractivity contribution in [2.75, 3.05) is 33.1 Å². The Kier molecular flexibility index (Phi) is 10.9. The van der Waals surface area contributed by atoms with E-state index < -0.39 is 59.9 Å². The maximum atomic E-state index is 13.6. The zero-order valence-corrected chi connectivity index (χ0v) is 26.9. The molecule has 0 aliphatic carbocycles. The third-order valence-electron chi connectivity index (χ3n) is 7.76. The van der Waals surface area contributed by atoms with Crippen molar-refractivity contribution in [2.24, 2.45) is 0 Å². The molecule has 0 spiro atoms. The Bertz CT molecular complexity index is 1910. The molecule has 0 saturated carbocycles. The van der Waals surface area contributed by atoms with Gasteiger partial charge in [0.15, 0.2) is 0 Å². The highest BCUT2D eigenvalue weighted by Gasteiger charge is 2.50. The largest absolute Gasteiger partial charge is 0.497 e. The lowest BCUT2D eigenvalue weighted by atomic mass is 9.81. The van der Waals surface area contributed by atoms with Gasteiger partial charge >= 0.3 is 24.1 Å². The summed E-state index contributed by atoms with van der Waals surface area (Å²) in [5.41, 5.74) is -2.71. The lowest BCUT2D eigenvalue weighted by Crippen LogP contribution is -2.48. The summed E-state index contributed by atoms with van der Waals surface area (Å²) in [5.74, 6) is -5.38. The van der Waals surface area contributed by atoms with Crippen LogP contribution >= 0.6 is 0 Å². The number of nitrogens with one attached hydrogen (secondary N) is 1. The van der Waals surface area contributed by atoms with Crippen molar-refractivity contribution in [3.8, 4) is 16.9 Å². The molecule has 260 valence electrons. The summed E-state index contributed by atoms with van der Waals surface area (Å²) in [7, 11) is 4.31. The predicted octanol–water partition coefficient (Wildman–Crippen LogP) is 5.53. The number of nitrogens with zero attached hydrogens (tertiary/aromatic N) is 1. The Balaban J connectivity index is 1.61. The van der Waals surface area contributed by atoms with Crippen LogP contribution in [0.1, 0.15) is 37.4 Å². The third kappa shape index (κ3) is 7.92. The molecule has 0 heterocycles. The van der Waals surface area contributed by atoms with Crippen LogP contribution in [0.25, 0.3) is 11.1 Å². The van der Waals surface area contributed by atoms with E-state index in [1.54, 1.807) is 6.07 Å². The van der Waals surface area contributed by atoms with Gasteiger partial charge in [-0.3, -0.25) is 24.0 Å². The zero-order chi connectivity index (χ0) is 36.8. The van der Waals surface area contributed by atoms with Crippen LogP contribution in [0, 0.1) is 0 Å². The fourth-order valence-electron chi connectivity index (χ4n) is 5.02. The number of hydrogen-bond donors (Lipinski definition) is 3. The van der Waals surface area contributed by atoms with E-state index >= 15 is 0 Å². The SMILES string of the molecule is COc1ccc(C(=O)Nc2ccc(CC(=O)OCC(C(=O)O)(C(=O)O)c3ccccc3)cc2C(=O)N(C)C)c(-c2ccc(C(F)(F)F)cc2)c1. The minimum Gasteiger partial charge on any atom is -0.497 e. The molecule has 4 aromatic carbocycles. The minimum absolute atomic E-state index is 0.0343. The van der Waals surface area contributed by atoms with E-state index in [-0.39, 0.29) is 33.5 Å². The van der Waals surface area contributed by atoms with Gasteiger partial charge in [0.05, 0.1) is 30.3 Å². The molecule has 4 rings (SSSR count). The van der Waals surface area contributed by atoms with E-state index in [9.17, 15) is 47.4 Å². The summed E-state index contributed by atoms with van der Waals surface area (Å²) >= 11 is 0. The van der Waals surface area contributed by atoms with Gasteiger partial charge in [0.1, 0.15) is 12.4 Å². The number of benzene rings is 4. The first-order valence-electron chi connectivity index (χ1n) is 14.8. The summed E-state index contributed by atoms with van der Waals surface area (Å²) in [5, 5.41) is 22.3. The lowest BCUT2D eigenvalue weighted by Gasteiger charge is -2.25. The molecular weight excluding hydrogens is 661 g/mol. The molecule has 0 fully saturated rings. The number of carbonyl (C=O) groups is 5. The molecule has 0 atom stereocenters. The number of carboxylic acids is 2. The van der Waals surface area contributed by atoms with Crippen LogP contribution in [0.4, 0.5) is 18.9 Å². The molecule has 14 heteroatoms. The maximum absolute atomic E-state index is 13.6. The minimum atomic E-state index is -4.56. The maximum Gasteiger partial charge on any atom is 0.416 e. The fourth-order valence-corrected chi connectivity index (χ4v) is 5.02. The molecule has 0 radical (unpaired) electrons. The number of carboxylic acid groups (broad SMARTS) is 2. The molecule has 0 aromatic heterocycles. The lowest BCUT2D eigenvalue weighted by molar-refractivity contribution is -0.164. The third-order valence-corrected chi connectivity index (χ3v) is 7.76. The van der Waals surface area contributed by atoms with Gasteiger partial charge in [0, 0.05) is 19.7 Å². The second kappa shape index (κ2) is 14.9. The van der Waals surface area contributed by atoms with Crippen LogP contribution in [-0.2, 0) is 37.1 Å². The van der Waals surface area contributed by atoms with E-state index in [1.165, 1.54) is 98.9 Å². The van der Waals surface area contributed by atoms with E-state index in [0.29, 0.717) is 11.3 Å². The zero-order valence-electron chi connectivity index (χ0n) is 26.9. The van der Waals surface area contributed by atoms with Crippen molar-refractivity contribution < 1.29 is 56.8 Å². The molecule has 0 unspecified atom stereocenters. The summed E-state index contributed by atoms with van der Waals surface area (Å²) in [4.78, 5) is 65.2. The molecule has 0 aliphatic heterocycles. The highest BCUT2D eigenvalue weighted by Crippen LogP contribution is 2.34. The number of aliphatic carboxylic acids is 2.